The van der Waals surface area contributed by atoms with Crippen molar-refractivity contribution in [2.45, 2.75) is 31.7 Å². The fourth-order valence-corrected chi connectivity index (χ4v) is 4.83. The average molecular weight is 455 g/mol. The lowest BCUT2D eigenvalue weighted by Gasteiger charge is -2.19. The third kappa shape index (κ3) is 4.28. The molecule has 7 nitrogen and oxygen atoms in total. The van der Waals surface area contributed by atoms with E-state index in [0.717, 1.165) is 28.2 Å². The van der Waals surface area contributed by atoms with E-state index < -0.39 is 6.10 Å². The molecule has 0 spiro atoms. The van der Waals surface area contributed by atoms with E-state index in [4.69, 9.17) is 28.4 Å². The molecular formula is C26H30O7. The standard InChI is InChI=1S/C26H30O7/c1-15(2)20(27)8-9-29-21-6-4-16(10-23(21)28-3)25-18-12-31-26(19(18)13-30-25)17-5-7-22-24(11-17)33-14-32-22/h4-7,10-11,18-20,25-27H,1,8-9,12-14H2,2-3H3/t18-,19+,20+,25+,26-/m1/s1. The minimum absolute atomic E-state index is 0.0289. The topological polar surface area (TPSA) is 75.6 Å². The molecule has 2 fully saturated rings. The van der Waals surface area contributed by atoms with Gasteiger partial charge in [0.1, 0.15) is 0 Å². The number of fused-ring (bicyclic) bond motifs is 2. The molecule has 0 aromatic heterocycles. The molecule has 5 rings (SSSR count). The molecule has 0 aliphatic carbocycles. The molecule has 2 aromatic rings. The van der Waals surface area contributed by atoms with Crippen molar-refractivity contribution in [3.63, 3.8) is 0 Å². The summed E-state index contributed by atoms with van der Waals surface area (Å²) in [4.78, 5) is 0. The van der Waals surface area contributed by atoms with E-state index in [1.807, 2.05) is 36.4 Å². The van der Waals surface area contributed by atoms with Crippen molar-refractivity contribution in [3.8, 4) is 23.0 Å². The number of hydrogen-bond acceptors (Lipinski definition) is 7. The van der Waals surface area contributed by atoms with Crippen molar-refractivity contribution in [1.82, 2.24) is 0 Å². The highest BCUT2D eigenvalue weighted by Crippen LogP contribution is 2.51. The van der Waals surface area contributed by atoms with Crippen LogP contribution in [0.1, 0.15) is 36.7 Å². The Hall–Kier alpha value is -2.74. The Balaban J connectivity index is 1.27. The lowest BCUT2D eigenvalue weighted by atomic mass is 9.85. The summed E-state index contributed by atoms with van der Waals surface area (Å²) in [5.74, 6) is 3.35. The van der Waals surface area contributed by atoms with Gasteiger partial charge < -0.3 is 33.5 Å². The number of aliphatic hydroxyl groups excluding tert-OH is 1. The maximum Gasteiger partial charge on any atom is 0.231 e. The molecule has 176 valence electrons. The first-order chi connectivity index (χ1) is 16.0. The van der Waals surface area contributed by atoms with Crippen LogP contribution in [-0.4, -0.2) is 44.9 Å². The van der Waals surface area contributed by atoms with Gasteiger partial charge in [-0.15, -0.1) is 0 Å². The molecular weight excluding hydrogens is 424 g/mol. The second kappa shape index (κ2) is 9.25. The SMILES string of the molecule is C=C(C)[C@@H](O)CCOc1ccc([C@@H]2OC[C@H]3[C@H]2CO[C@@H]3c2ccc3c(c2)OCO3)cc1OC. The number of aliphatic hydroxyl groups is 1. The van der Waals surface area contributed by atoms with E-state index in [-0.39, 0.29) is 30.8 Å². The monoisotopic (exact) mass is 454 g/mol. The summed E-state index contributed by atoms with van der Waals surface area (Å²) < 4.78 is 34.9. The fourth-order valence-electron chi connectivity index (χ4n) is 4.83. The van der Waals surface area contributed by atoms with Crippen LogP contribution in [0.2, 0.25) is 0 Å². The summed E-state index contributed by atoms with van der Waals surface area (Å²) in [7, 11) is 1.63. The zero-order valence-electron chi connectivity index (χ0n) is 19.0. The van der Waals surface area contributed by atoms with Gasteiger partial charge in [-0.2, -0.15) is 0 Å². The quantitative estimate of drug-likeness (QED) is 0.599. The van der Waals surface area contributed by atoms with E-state index in [1.165, 1.54) is 0 Å². The van der Waals surface area contributed by atoms with Gasteiger partial charge in [0, 0.05) is 18.3 Å². The van der Waals surface area contributed by atoms with Gasteiger partial charge in [-0.05, 0) is 42.3 Å². The maximum atomic E-state index is 9.90. The maximum absolute atomic E-state index is 9.90. The summed E-state index contributed by atoms with van der Waals surface area (Å²) in [5, 5.41) is 9.90. The fraction of sp³-hybridized carbons (Fsp3) is 0.462. The predicted octanol–water partition coefficient (Wildman–Crippen LogP) is 4.21. The molecule has 2 saturated heterocycles. The van der Waals surface area contributed by atoms with Crippen LogP contribution in [0.15, 0.2) is 48.6 Å². The molecule has 0 amide bonds. The Kier molecular flexibility index (Phi) is 6.19. The summed E-state index contributed by atoms with van der Waals surface area (Å²) in [5.41, 5.74) is 2.87. The van der Waals surface area contributed by atoms with E-state index in [2.05, 4.69) is 6.58 Å². The first-order valence-electron chi connectivity index (χ1n) is 11.3. The van der Waals surface area contributed by atoms with Crippen LogP contribution in [0.4, 0.5) is 0 Å². The lowest BCUT2D eigenvalue weighted by Crippen LogP contribution is -2.15. The summed E-state index contributed by atoms with van der Waals surface area (Å²) in [6, 6.07) is 11.9. The van der Waals surface area contributed by atoms with Crippen LogP contribution in [0.25, 0.3) is 0 Å². The number of ether oxygens (including phenoxy) is 6. The van der Waals surface area contributed by atoms with Gasteiger partial charge in [0.25, 0.3) is 0 Å². The number of hydrogen-bond donors (Lipinski definition) is 1. The van der Waals surface area contributed by atoms with E-state index in [9.17, 15) is 5.11 Å². The molecule has 7 heteroatoms. The van der Waals surface area contributed by atoms with Gasteiger partial charge in [-0.3, -0.25) is 0 Å². The summed E-state index contributed by atoms with van der Waals surface area (Å²) >= 11 is 0. The highest BCUT2D eigenvalue weighted by Gasteiger charge is 2.48. The third-order valence-corrected chi connectivity index (χ3v) is 6.72. The van der Waals surface area contributed by atoms with Gasteiger partial charge in [-0.25, -0.2) is 0 Å². The summed E-state index contributed by atoms with van der Waals surface area (Å²) in [6.07, 6.45) is -0.186. The van der Waals surface area contributed by atoms with E-state index in [0.29, 0.717) is 37.7 Å². The molecule has 0 unspecified atom stereocenters. The predicted molar refractivity (Wildman–Crippen MR) is 121 cm³/mol. The molecule has 5 atom stereocenters. The van der Waals surface area contributed by atoms with Gasteiger partial charge in [0.15, 0.2) is 23.0 Å². The second-order valence-corrected chi connectivity index (χ2v) is 8.86. The van der Waals surface area contributed by atoms with Crippen LogP contribution in [-0.2, 0) is 9.47 Å². The number of rotatable bonds is 8. The lowest BCUT2D eigenvalue weighted by molar-refractivity contribution is 0.0191. The Morgan fingerprint density at radius 2 is 1.67 bits per heavy atom. The van der Waals surface area contributed by atoms with Crippen molar-refractivity contribution in [3.05, 3.63) is 59.7 Å². The zero-order valence-corrected chi connectivity index (χ0v) is 19.0. The van der Waals surface area contributed by atoms with Crippen molar-refractivity contribution < 1.29 is 33.5 Å². The first kappa shape index (κ1) is 22.1. The van der Waals surface area contributed by atoms with Gasteiger partial charge >= 0.3 is 0 Å². The normalized spacial score (nSPS) is 26.2. The highest BCUT2D eigenvalue weighted by atomic mass is 16.7. The first-order valence-corrected chi connectivity index (χ1v) is 11.3. The van der Waals surface area contributed by atoms with Gasteiger partial charge in [0.05, 0.1) is 45.2 Å². The Morgan fingerprint density at radius 1 is 1.00 bits per heavy atom. The minimum atomic E-state index is -0.570. The van der Waals surface area contributed by atoms with Crippen LogP contribution < -0.4 is 18.9 Å². The highest BCUT2D eigenvalue weighted by molar-refractivity contribution is 5.46. The van der Waals surface area contributed by atoms with Crippen LogP contribution >= 0.6 is 0 Å². The van der Waals surface area contributed by atoms with Crippen LogP contribution in [0.5, 0.6) is 23.0 Å². The molecule has 0 radical (unpaired) electrons. The summed E-state index contributed by atoms with van der Waals surface area (Å²) in [6.45, 7) is 7.48. The minimum Gasteiger partial charge on any atom is -0.493 e. The van der Waals surface area contributed by atoms with Crippen molar-refractivity contribution in [2.24, 2.45) is 11.8 Å². The third-order valence-electron chi connectivity index (χ3n) is 6.72. The molecule has 3 aliphatic rings. The Morgan fingerprint density at radius 3 is 2.36 bits per heavy atom. The molecule has 3 aliphatic heterocycles. The van der Waals surface area contributed by atoms with E-state index in [1.54, 1.807) is 14.0 Å². The van der Waals surface area contributed by atoms with Gasteiger partial charge in [-0.1, -0.05) is 24.3 Å². The Bertz CT molecular complexity index is 1020. The Labute approximate surface area is 193 Å². The van der Waals surface area contributed by atoms with E-state index >= 15 is 0 Å². The zero-order chi connectivity index (χ0) is 22.9. The molecule has 0 saturated carbocycles. The molecule has 1 N–H and O–H groups in total. The van der Waals surface area contributed by atoms with Crippen molar-refractivity contribution in [1.29, 1.82) is 0 Å². The molecule has 3 heterocycles. The average Bonchev–Trinajstić information content (AvgIpc) is 3.55. The van der Waals surface area contributed by atoms with Crippen LogP contribution in [0, 0.1) is 11.8 Å². The number of benzene rings is 2. The second-order valence-electron chi connectivity index (χ2n) is 8.86. The number of methoxy groups -OCH3 is 1. The molecule has 0 bridgehead atoms. The van der Waals surface area contributed by atoms with Crippen LogP contribution in [0.3, 0.4) is 0 Å². The largest absolute Gasteiger partial charge is 0.493 e. The smallest absolute Gasteiger partial charge is 0.231 e. The molecule has 33 heavy (non-hydrogen) atoms. The van der Waals surface area contributed by atoms with Crippen molar-refractivity contribution in [2.75, 3.05) is 33.7 Å². The molecule has 2 aromatic carbocycles. The van der Waals surface area contributed by atoms with Gasteiger partial charge in [0.2, 0.25) is 6.79 Å². The van der Waals surface area contributed by atoms with Crippen molar-refractivity contribution >= 4 is 0 Å².